The molecule has 0 aliphatic heterocycles. The standard InChI is InChI=1S/C21H19NO3/c1-14-3-6-16(7-4-14)20(23)21(24)22-13-15-5-8-18-12-19(25-2)10-9-17(18)11-15/h3-12H,13H2,1-2H3,(H,22,24). The Morgan fingerprint density at radius 2 is 1.60 bits per heavy atom. The molecule has 0 radical (unpaired) electrons. The van der Waals surface area contributed by atoms with Gasteiger partial charge in [-0.1, -0.05) is 48.0 Å². The number of hydrogen-bond donors (Lipinski definition) is 1. The van der Waals surface area contributed by atoms with Crippen molar-refractivity contribution in [3.63, 3.8) is 0 Å². The second-order valence-corrected chi connectivity index (χ2v) is 5.93. The molecule has 1 N–H and O–H groups in total. The third-order valence-corrected chi connectivity index (χ3v) is 4.08. The van der Waals surface area contributed by atoms with Gasteiger partial charge >= 0.3 is 0 Å². The molecule has 0 saturated carbocycles. The summed E-state index contributed by atoms with van der Waals surface area (Å²) in [6.07, 6.45) is 0. The smallest absolute Gasteiger partial charge is 0.292 e. The maximum absolute atomic E-state index is 12.1. The first kappa shape index (κ1) is 16.7. The molecule has 0 bridgehead atoms. The molecule has 0 unspecified atom stereocenters. The van der Waals surface area contributed by atoms with Gasteiger partial charge in [0.1, 0.15) is 5.75 Å². The molecule has 0 fully saturated rings. The highest BCUT2D eigenvalue weighted by molar-refractivity contribution is 6.42. The van der Waals surface area contributed by atoms with Gasteiger partial charge in [0.25, 0.3) is 5.91 Å². The van der Waals surface area contributed by atoms with Crippen LogP contribution in [0, 0.1) is 6.92 Å². The van der Waals surface area contributed by atoms with Crippen LogP contribution < -0.4 is 10.1 Å². The molecule has 1 amide bonds. The number of fused-ring (bicyclic) bond motifs is 1. The van der Waals surface area contributed by atoms with Gasteiger partial charge in [-0.05, 0) is 41.5 Å². The summed E-state index contributed by atoms with van der Waals surface area (Å²) < 4.78 is 5.21. The molecule has 3 rings (SSSR count). The molecule has 126 valence electrons. The topological polar surface area (TPSA) is 55.4 Å². The summed E-state index contributed by atoms with van der Waals surface area (Å²) in [5, 5.41) is 4.80. The molecule has 0 atom stereocenters. The molecule has 0 aromatic heterocycles. The normalized spacial score (nSPS) is 10.5. The van der Waals surface area contributed by atoms with Gasteiger partial charge in [-0.2, -0.15) is 0 Å². The summed E-state index contributed by atoms with van der Waals surface area (Å²) >= 11 is 0. The van der Waals surface area contributed by atoms with Crippen LogP contribution in [0.3, 0.4) is 0 Å². The Labute approximate surface area is 146 Å². The third kappa shape index (κ3) is 3.86. The van der Waals surface area contributed by atoms with Gasteiger partial charge in [0, 0.05) is 12.1 Å². The van der Waals surface area contributed by atoms with E-state index in [0.29, 0.717) is 12.1 Å². The zero-order valence-electron chi connectivity index (χ0n) is 14.2. The Morgan fingerprint density at radius 1 is 0.920 bits per heavy atom. The Kier molecular flexibility index (Phi) is 4.80. The zero-order chi connectivity index (χ0) is 17.8. The molecule has 4 nitrogen and oxygen atoms in total. The van der Waals surface area contributed by atoms with Crippen molar-refractivity contribution in [2.45, 2.75) is 13.5 Å². The van der Waals surface area contributed by atoms with Gasteiger partial charge in [-0.15, -0.1) is 0 Å². The summed E-state index contributed by atoms with van der Waals surface area (Å²) in [6.45, 7) is 2.24. The lowest BCUT2D eigenvalue weighted by molar-refractivity contribution is -0.117. The van der Waals surface area contributed by atoms with E-state index in [1.54, 1.807) is 19.2 Å². The van der Waals surface area contributed by atoms with Gasteiger partial charge < -0.3 is 10.1 Å². The SMILES string of the molecule is COc1ccc2cc(CNC(=O)C(=O)c3ccc(C)cc3)ccc2c1. The van der Waals surface area contributed by atoms with Crippen LogP contribution in [0.4, 0.5) is 0 Å². The summed E-state index contributed by atoms with van der Waals surface area (Å²) in [4.78, 5) is 24.2. The second-order valence-electron chi connectivity index (χ2n) is 5.93. The van der Waals surface area contributed by atoms with Crippen LogP contribution in [0.5, 0.6) is 5.75 Å². The summed E-state index contributed by atoms with van der Waals surface area (Å²) in [5.74, 6) is -0.318. The minimum Gasteiger partial charge on any atom is -0.497 e. The Balaban J connectivity index is 1.68. The molecular formula is C21H19NO3. The highest BCUT2D eigenvalue weighted by atomic mass is 16.5. The number of ether oxygens (including phenoxy) is 1. The average Bonchev–Trinajstić information content (AvgIpc) is 2.65. The minimum absolute atomic E-state index is 0.304. The van der Waals surface area contributed by atoms with Crippen LogP contribution in [0.1, 0.15) is 21.5 Å². The van der Waals surface area contributed by atoms with E-state index in [2.05, 4.69) is 5.32 Å². The Bertz CT molecular complexity index is 930. The number of nitrogens with one attached hydrogen (secondary N) is 1. The number of carbonyl (C=O) groups excluding carboxylic acids is 2. The van der Waals surface area contributed by atoms with Crippen molar-refractivity contribution in [3.8, 4) is 5.75 Å². The lowest BCUT2D eigenvalue weighted by Gasteiger charge is -2.07. The van der Waals surface area contributed by atoms with Gasteiger partial charge in [-0.3, -0.25) is 9.59 Å². The van der Waals surface area contributed by atoms with Gasteiger partial charge in [0.15, 0.2) is 0 Å². The van der Waals surface area contributed by atoms with E-state index in [0.717, 1.165) is 27.6 Å². The Morgan fingerprint density at radius 3 is 2.32 bits per heavy atom. The molecule has 3 aromatic rings. The number of rotatable bonds is 5. The second kappa shape index (κ2) is 7.18. The fourth-order valence-corrected chi connectivity index (χ4v) is 2.61. The van der Waals surface area contributed by atoms with Crippen LogP contribution in [-0.4, -0.2) is 18.8 Å². The number of carbonyl (C=O) groups is 2. The third-order valence-electron chi connectivity index (χ3n) is 4.08. The molecule has 4 heteroatoms. The van der Waals surface area contributed by atoms with Crippen molar-refractivity contribution in [1.29, 1.82) is 0 Å². The zero-order valence-corrected chi connectivity index (χ0v) is 14.2. The van der Waals surface area contributed by atoms with E-state index in [4.69, 9.17) is 4.74 Å². The summed E-state index contributed by atoms with van der Waals surface area (Å²) in [5.41, 5.74) is 2.38. The molecule has 25 heavy (non-hydrogen) atoms. The van der Waals surface area contributed by atoms with Crippen molar-refractivity contribution >= 4 is 22.5 Å². The predicted octanol–water partition coefficient (Wildman–Crippen LogP) is 3.66. The summed E-state index contributed by atoms with van der Waals surface area (Å²) in [6, 6.07) is 18.7. The maximum Gasteiger partial charge on any atom is 0.292 e. The quantitative estimate of drug-likeness (QED) is 0.573. The van der Waals surface area contributed by atoms with Gasteiger partial charge in [0.05, 0.1) is 7.11 Å². The average molecular weight is 333 g/mol. The van der Waals surface area contributed by atoms with Crippen LogP contribution in [0.2, 0.25) is 0 Å². The monoisotopic (exact) mass is 333 g/mol. The summed E-state index contributed by atoms with van der Waals surface area (Å²) in [7, 11) is 1.64. The van der Waals surface area contributed by atoms with Crippen LogP contribution in [0.25, 0.3) is 10.8 Å². The highest BCUT2D eigenvalue weighted by Gasteiger charge is 2.15. The van der Waals surface area contributed by atoms with Gasteiger partial charge in [0.2, 0.25) is 5.78 Å². The highest BCUT2D eigenvalue weighted by Crippen LogP contribution is 2.21. The maximum atomic E-state index is 12.1. The minimum atomic E-state index is -0.598. The molecular weight excluding hydrogens is 314 g/mol. The number of ketones is 1. The van der Waals surface area contributed by atoms with E-state index in [9.17, 15) is 9.59 Å². The largest absolute Gasteiger partial charge is 0.497 e. The van der Waals surface area contributed by atoms with E-state index < -0.39 is 11.7 Å². The number of hydrogen-bond acceptors (Lipinski definition) is 3. The van der Waals surface area contributed by atoms with Crippen LogP contribution in [0.15, 0.2) is 60.7 Å². The van der Waals surface area contributed by atoms with E-state index in [1.807, 2.05) is 55.5 Å². The lowest BCUT2D eigenvalue weighted by Crippen LogP contribution is -2.30. The van der Waals surface area contributed by atoms with Crippen molar-refractivity contribution in [2.24, 2.45) is 0 Å². The first-order valence-electron chi connectivity index (χ1n) is 8.03. The lowest BCUT2D eigenvalue weighted by atomic mass is 10.1. The predicted molar refractivity (Wildman–Crippen MR) is 97.9 cm³/mol. The van der Waals surface area contributed by atoms with Crippen LogP contribution in [-0.2, 0) is 11.3 Å². The number of amides is 1. The van der Waals surface area contributed by atoms with E-state index >= 15 is 0 Å². The van der Waals surface area contributed by atoms with Crippen LogP contribution >= 0.6 is 0 Å². The fourth-order valence-electron chi connectivity index (χ4n) is 2.61. The molecule has 0 spiro atoms. The van der Waals surface area contributed by atoms with Crippen molar-refractivity contribution in [1.82, 2.24) is 5.32 Å². The number of Topliss-reactive ketones (excluding diaryl/α,β-unsaturated/α-hetero) is 1. The fraction of sp³-hybridized carbons (Fsp3) is 0.143. The van der Waals surface area contributed by atoms with Gasteiger partial charge in [-0.25, -0.2) is 0 Å². The van der Waals surface area contributed by atoms with E-state index in [-0.39, 0.29) is 0 Å². The number of benzene rings is 3. The van der Waals surface area contributed by atoms with Crippen molar-refractivity contribution in [2.75, 3.05) is 7.11 Å². The first-order valence-corrected chi connectivity index (χ1v) is 8.03. The first-order chi connectivity index (χ1) is 12.1. The van der Waals surface area contributed by atoms with Crippen molar-refractivity contribution < 1.29 is 14.3 Å². The number of methoxy groups -OCH3 is 1. The molecule has 0 aliphatic carbocycles. The van der Waals surface area contributed by atoms with E-state index in [1.165, 1.54) is 0 Å². The molecule has 0 aliphatic rings. The molecule has 0 saturated heterocycles. The molecule has 0 heterocycles. The van der Waals surface area contributed by atoms with Crippen molar-refractivity contribution in [3.05, 3.63) is 77.4 Å². The number of aryl methyl sites for hydroxylation is 1. The Hall–Kier alpha value is -3.14. The molecule has 3 aromatic carbocycles.